The van der Waals surface area contributed by atoms with Gasteiger partial charge in [0, 0.05) is 32.5 Å². The summed E-state index contributed by atoms with van der Waals surface area (Å²) in [5.41, 5.74) is 1.78. The van der Waals surface area contributed by atoms with Gasteiger partial charge in [0.25, 0.3) is 0 Å². The normalized spacial score (nSPS) is 10.8. The highest BCUT2D eigenvalue weighted by Crippen LogP contribution is 2.18. The summed E-state index contributed by atoms with van der Waals surface area (Å²) in [5, 5.41) is 7.53. The molecule has 6 heteroatoms. The van der Waals surface area contributed by atoms with Crippen LogP contribution in [0.5, 0.6) is 0 Å². The maximum absolute atomic E-state index is 5.16. The Morgan fingerprint density at radius 1 is 1.30 bits per heavy atom. The van der Waals surface area contributed by atoms with Gasteiger partial charge in [0.2, 0.25) is 0 Å². The molecule has 0 aromatic carbocycles. The second kappa shape index (κ2) is 7.00. The molecule has 0 aliphatic carbocycles. The highest BCUT2D eigenvalue weighted by molar-refractivity contribution is 5.55. The zero-order valence-electron chi connectivity index (χ0n) is 12.3. The zero-order chi connectivity index (χ0) is 14.4. The Kier molecular flexibility index (Phi) is 5.06. The van der Waals surface area contributed by atoms with Crippen molar-refractivity contribution >= 4 is 5.82 Å². The van der Waals surface area contributed by atoms with E-state index in [-0.39, 0.29) is 0 Å². The molecule has 0 saturated carbocycles. The molecule has 2 rings (SSSR count). The van der Waals surface area contributed by atoms with Crippen LogP contribution >= 0.6 is 0 Å². The molecule has 0 amide bonds. The molecule has 1 N–H and O–H groups in total. The fraction of sp³-hybridized carbons (Fsp3) is 0.500. The van der Waals surface area contributed by atoms with Crippen LogP contribution in [0.2, 0.25) is 0 Å². The van der Waals surface area contributed by atoms with Crippen molar-refractivity contribution in [3.8, 4) is 11.4 Å². The largest absolute Gasteiger partial charge is 0.378 e. The Morgan fingerprint density at radius 3 is 2.85 bits per heavy atom. The van der Waals surface area contributed by atoms with E-state index in [1.54, 1.807) is 13.3 Å². The van der Waals surface area contributed by atoms with Gasteiger partial charge in [-0.05, 0) is 13.3 Å². The van der Waals surface area contributed by atoms with E-state index in [2.05, 4.69) is 27.3 Å². The Hall–Kier alpha value is -1.95. The number of methoxy groups -OCH3 is 1. The molecule has 20 heavy (non-hydrogen) atoms. The summed E-state index contributed by atoms with van der Waals surface area (Å²) in [4.78, 5) is 9.04. The van der Waals surface area contributed by atoms with Crippen LogP contribution in [0.15, 0.2) is 18.5 Å². The lowest BCUT2D eigenvalue weighted by atomic mass is 10.3. The standard InChI is InChI=1S/C14H21N5O/c1-4-6-19-9-11(8-16-19)14-17-12(10-20-3)7-13(18-14)15-5-2/h7-9H,4-6,10H2,1-3H3,(H,15,17,18). The molecule has 2 heterocycles. The van der Waals surface area contributed by atoms with Crippen molar-refractivity contribution in [1.29, 1.82) is 0 Å². The third kappa shape index (κ3) is 3.54. The van der Waals surface area contributed by atoms with Crippen molar-refractivity contribution in [1.82, 2.24) is 19.7 Å². The van der Waals surface area contributed by atoms with Crippen molar-refractivity contribution < 1.29 is 4.74 Å². The zero-order valence-corrected chi connectivity index (χ0v) is 12.3. The molecule has 0 saturated heterocycles. The molecule has 2 aromatic heterocycles. The summed E-state index contributed by atoms with van der Waals surface area (Å²) in [7, 11) is 1.66. The first kappa shape index (κ1) is 14.5. The maximum atomic E-state index is 5.16. The van der Waals surface area contributed by atoms with E-state index in [4.69, 9.17) is 4.74 Å². The Balaban J connectivity index is 2.32. The summed E-state index contributed by atoms with van der Waals surface area (Å²) in [6.07, 6.45) is 4.83. The third-order valence-corrected chi connectivity index (χ3v) is 2.77. The van der Waals surface area contributed by atoms with E-state index in [9.17, 15) is 0 Å². The average Bonchev–Trinajstić information content (AvgIpc) is 2.88. The minimum Gasteiger partial charge on any atom is -0.378 e. The molecule has 0 atom stereocenters. The van der Waals surface area contributed by atoms with Crippen LogP contribution in [0.4, 0.5) is 5.82 Å². The molecule has 0 unspecified atom stereocenters. The smallest absolute Gasteiger partial charge is 0.165 e. The second-order valence-electron chi connectivity index (χ2n) is 4.52. The molecule has 0 radical (unpaired) electrons. The lowest BCUT2D eigenvalue weighted by Crippen LogP contribution is -2.04. The van der Waals surface area contributed by atoms with E-state index in [0.29, 0.717) is 12.4 Å². The first-order chi connectivity index (χ1) is 9.76. The van der Waals surface area contributed by atoms with Gasteiger partial charge in [0.15, 0.2) is 5.82 Å². The number of anilines is 1. The fourth-order valence-corrected chi connectivity index (χ4v) is 1.95. The average molecular weight is 275 g/mol. The van der Waals surface area contributed by atoms with Gasteiger partial charge >= 0.3 is 0 Å². The molecule has 2 aromatic rings. The predicted molar refractivity (Wildman–Crippen MR) is 78.4 cm³/mol. The maximum Gasteiger partial charge on any atom is 0.165 e. The first-order valence-electron chi connectivity index (χ1n) is 6.90. The number of ether oxygens (including phenoxy) is 1. The fourth-order valence-electron chi connectivity index (χ4n) is 1.95. The lowest BCUT2D eigenvalue weighted by Gasteiger charge is -2.07. The van der Waals surface area contributed by atoms with Gasteiger partial charge in [-0.2, -0.15) is 5.10 Å². The molecule has 6 nitrogen and oxygen atoms in total. The highest BCUT2D eigenvalue weighted by Gasteiger charge is 2.09. The molecule has 0 fully saturated rings. The summed E-state index contributed by atoms with van der Waals surface area (Å²) in [5.74, 6) is 1.49. The van der Waals surface area contributed by atoms with Crippen molar-refractivity contribution in [3.05, 3.63) is 24.2 Å². The van der Waals surface area contributed by atoms with Crippen LogP contribution in [-0.4, -0.2) is 33.4 Å². The van der Waals surface area contributed by atoms with Crippen molar-refractivity contribution in [2.45, 2.75) is 33.4 Å². The topological polar surface area (TPSA) is 64.9 Å². The summed E-state index contributed by atoms with van der Waals surface area (Å²) >= 11 is 0. The number of nitrogens with zero attached hydrogens (tertiary/aromatic N) is 4. The molecule has 0 aliphatic rings. The summed E-state index contributed by atoms with van der Waals surface area (Å²) in [6, 6.07) is 1.91. The van der Waals surface area contributed by atoms with Crippen LogP contribution in [0.25, 0.3) is 11.4 Å². The highest BCUT2D eigenvalue weighted by atomic mass is 16.5. The number of hydrogen-bond donors (Lipinski definition) is 1. The van der Waals surface area contributed by atoms with Crippen molar-refractivity contribution in [2.24, 2.45) is 0 Å². The SMILES string of the molecule is CCCn1cc(-c2nc(COC)cc(NCC)n2)cn1. The van der Waals surface area contributed by atoms with Gasteiger partial charge in [0.05, 0.1) is 24.1 Å². The van der Waals surface area contributed by atoms with Crippen LogP contribution in [-0.2, 0) is 17.9 Å². The van der Waals surface area contributed by atoms with Crippen LogP contribution in [0, 0.1) is 0 Å². The van der Waals surface area contributed by atoms with Gasteiger partial charge in [-0.3, -0.25) is 4.68 Å². The van der Waals surface area contributed by atoms with E-state index >= 15 is 0 Å². The van der Waals surface area contributed by atoms with Crippen molar-refractivity contribution in [2.75, 3.05) is 19.0 Å². The van der Waals surface area contributed by atoms with Crippen LogP contribution in [0.1, 0.15) is 26.0 Å². The Bertz CT molecular complexity index is 528. The number of nitrogens with one attached hydrogen (secondary N) is 1. The minimum atomic E-state index is 0.469. The molecule has 0 spiro atoms. The van der Waals surface area contributed by atoms with Gasteiger partial charge in [-0.15, -0.1) is 0 Å². The molecular weight excluding hydrogens is 254 g/mol. The molecule has 0 aliphatic heterocycles. The molecule has 108 valence electrons. The van der Waals surface area contributed by atoms with Gasteiger partial charge < -0.3 is 10.1 Å². The quantitative estimate of drug-likeness (QED) is 0.840. The van der Waals surface area contributed by atoms with Crippen LogP contribution in [0.3, 0.4) is 0 Å². The minimum absolute atomic E-state index is 0.469. The summed E-state index contributed by atoms with van der Waals surface area (Å²) in [6.45, 7) is 6.35. The van der Waals surface area contributed by atoms with E-state index in [1.807, 2.05) is 23.9 Å². The van der Waals surface area contributed by atoms with Crippen LogP contribution < -0.4 is 5.32 Å². The van der Waals surface area contributed by atoms with E-state index in [0.717, 1.165) is 36.6 Å². The van der Waals surface area contributed by atoms with Crippen molar-refractivity contribution in [3.63, 3.8) is 0 Å². The molecular formula is C14H21N5O. The lowest BCUT2D eigenvalue weighted by molar-refractivity contribution is 0.181. The van der Waals surface area contributed by atoms with Gasteiger partial charge in [-0.25, -0.2) is 9.97 Å². The molecule has 0 bridgehead atoms. The summed E-state index contributed by atoms with van der Waals surface area (Å²) < 4.78 is 7.07. The predicted octanol–water partition coefficient (Wildman–Crippen LogP) is 2.33. The third-order valence-electron chi connectivity index (χ3n) is 2.77. The number of aromatic nitrogens is 4. The first-order valence-corrected chi connectivity index (χ1v) is 6.90. The Morgan fingerprint density at radius 2 is 2.15 bits per heavy atom. The number of hydrogen-bond acceptors (Lipinski definition) is 5. The second-order valence-corrected chi connectivity index (χ2v) is 4.52. The number of aryl methyl sites for hydroxylation is 1. The monoisotopic (exact) mass is 275 g/mol. The number of rotatable bonds is 7. The van der Waals surface area contributed by atoms with Gasteiger partial charge in [0.1, 0.15) is 5.82 Å². The van der Waals surface area contributed by atoms with E-state index < -0.39 is 0 Å². The van der Waals surface area contributed by atoms with E-state index in [1.165, 1.54) is 0 Å². The Labute approximate surface area is 119 Å². The van der Waals surface area contributed by atoms with Gasteiger partial charge in [-0.1, -0.05) is 6.92 Å².